The molecule has 0 amide bonds. The van der Waals surface area contributed by atoms with E-state index >= 15 is 0 Å². The maximum absolute atomic E-state index is 5.75. The van der Waals surface area contributed by atoms with Gasteiger partial charge in [-0.25, -0.2) is 14.6 Å². The quantitative estimate of drug-likeness (QED) is 0.888. The highest BCUT2D eigenvalue weighted by Crippen LogP contribution is 2.14. The van der Waals surface area contributed by atoms with Crippen molar-refractivity contribution in [2.24, 2.45) is 5.92 Å². The molecule has 1 fully saturated rings. The zero-order chi connectivity index (χ0) is 12.9. The molecule has 1 aliphatic rings. The third-order valence-corrected chi connectivity index (χ3v) is 3.23. The number of piperidine rings is 1. The van der Waals surface area contributed by atoms with Crippen LogP contribution in [0.1, 0.15) is 12.8 Å². The molecule has 1 atom stereocenters. The van der Waals surface area contributed by atoms with Gasteiger partial charge in [0.15, 0.2) is 5.82 Å². The zero-order valence-corrected chi connectivity index (χ0v) is 10.7. The summed E-state index contributed by atoms with van der Waals surface area (Å²) >= 11 is 0. The predicted octanol–water partition coefficient (Wildman–Crippen LogP) is 1.04. The van der Waals surface area contributed by atoms with Gasteiger partial charge in [0.05, 0.1) is 6.61 Å². The molecule has 1 saturated heterocycles. The van der Waals surface area contributed by atoms with E-state index < -0.39 is 0 Å². The Kier molecular flexibility index (Phi) is 3.69. The fraction of sp³-hybridized carbons (Fsp3) is 0.462. The van der Waals surface area contributed by atoms with Crippen LogP contribution in [-0.4, -0.2) is 39.4 Å². The van der Waals surface area contributed by atoms with Crippen molar-refractivity contribution in [1.29, 1.82) is 0 Å². The average Bonchev–Trinajstić information content (AvgIpc) is 3.01. The smallest absolute Gasteiger partial charge is 0.218 e. The van der Waals surface area contributed by atoms with Gasteiger partial charge in [0.25, 0.3) is 0 Å². The summed E-state index contributed by atoms with van der Waals surface area (Å²) in [5.74, 6) is 1.89. The van der Waals surface area contributed by atoms with E-state index in [2.05, 4.69) is 20.4 Å². The lowest BCUT2D eigenvalue weighted by Crippen LogP contribution is -2.33. The lowest BCUT2D eigenvalue weighted by Gasteiger charge is -2.22. The topological polar surface area (TPSA) is 64.9 Å². The van der Waals surface area contributed by atoms with E-state index in [1.165, 1.54) is 19.2 Å². The second-order valence-corrected chi connectivity index (χ2v) is 4.69. The Morgan fingerprint density at radius 2 is 2.42 bits per heavy atom. The first-order valence-electron chi connectivity index (χ1n) is 6.57. The molecule has 6 nitrogen and oxygen atoms in total. The Balaban J connectivity index is 1.63. The van der Waals surface area contributed by atoms with Crippen LogP contribution in [0, 0.1) is 5.92 Å². The van der Waals surface area contributed by atoms with Gasteiger partial charge in [-0.2, -0.15) is 5.10 Å². The first-order valence-corrected chi connectivity index (χ1v) is 6.57. The van der Waals surface area contributed by atoms with Crippen LogP contribution in [0.3, 0.4) is 0 Å². The first-order chi connectivity index (χ1) is 9.42. The van der Waals surface area contributed by atoms with Gasteiger partial charge >= 0.3 is 0 Å². The van der Waals surface area contributed by atoms with E-state index in [4.69, 9.17) is 4.74 Å². The molecule has 0 bridgehead atoms. The van der Waals surface area contributed by atoms with Crippen molar-refractivity contribution >= 4 is 0 Å². The second-order valence-electron chi connectivity index (χ2n) is 4.69. The largest absolute Gasteiger partial charge is 0.477 e. The lowest BCUT2D eigenvalue weighted by molar-refractivity contribution is 0.212. The Morgan fingerprint density at radius 3 is 3.21 bits per heavy atom. The Bertz CT molecular complexity index is 508. The number of hydrogen-bond donors (Lipinski definition) is 1. The normalized spacial score (nSPS) is 19.3. The van der Waals surface area contributed by atoms with Crippen molar-refractivity contribution in [3.05, 3.63) is 30.9 Å². The summed E-state index contributed by atoms with van der Waals surface area (Å²) in [7, 11) is 0. The number of ether oxygens (including phenoxy) is 1. The minimum Gasteiger partial charge on any atom is -0.477 e. The average molecular weight is 259 g/mol. The maximum Gasteiger partial charge on any atom is 0.218 e. The summed E-state index contributed by atoms with van der Waals surface area (Å²) in [6.07, 6.45) is 7.50. The molecule has 1 unspecified atom stereocenters. The van der Waals surface area contributed by atoms with Gasteiger partial charge in [-0.1, -0.05) is 0 Å². The molecule has 19 heavy (non-hydrogen) atoms. The molecule has 3 heterocycles. The van der Waals surface area contributed by atoms with E-state index in [1.54, 1.807) is 10.9 Å². The molecule has 0 spiro atoms. The Labute approximate surface area is 111 Å². The van der Waals surface area contributed by atoms with E-state index in [9.17, 15) is 0 Å². The Morgan fingerprint density at radius 1 is 1.42 bits per heavy atom. The molecule has 3 rings (SSSR count). The van der Waals surface area contributed by atoms with Crippen LogP contribution in [-0.2, 0) is 0 Å². The monoisotopic (exact) mass is 259 g/mol. The summed E-state index contributed by atoms with van der Waals surface area (Å²) in [6, 6.07) is 3.67. The SMILES string of the molecule is c1cnn(-c2cc(OCC3CCCNC3)ncn2)c1. The third-order valence-electron chi connectivity index (χ3n) is 3.23. The van der Waals surface area contributed by atoms with Gasteiger partial charge in [-0.15, -0.1) is 0 Å². The van der Waals surface area contributed by atoms with Crippen molar-refractivity contribution < 1.29 is 4.74 Å². The van der Waals surface area contributed by atoms with Gasteiger partial charge in [0, 0.05) is 30.9 Å². The van der Waals surface area contributed by atoms with E-state index in [1.807, 2.05) is 18.3 Å². The van der Waals surface area contributed by atoms with Crippen LogP contribution in [0.2, 0.25) is 0 Å². The summed E-state index contributed by atoms with van der Waals surface area (Å²) in [5, 5.41) is 7.52. The molecule has 0 aromatic carbocycles. The molecule has 0 aliphatic carbocycles. The van der Waals surface area contributed by atoms with Crippen LogP contribution < -0.4 is 10.1 Å². The minimum atomic E-state index is 0.567. The first kappa shape index (κ1) is 12.1. The number of rotatable bonds is 4. The highest BCUT2D eigenvalue weighted by atomic mass is 16.5. The Hall–Kier alpha value is -1.95. The fourth-order valence-electron chi connectivity index (χ4n) is 2.21. The number of nitrogens with one attached hydrogen (secondary N) is 1. The molecule has 1 N–H and O–H groups in total. The van der Waals surface area contributed by atoms with Gasteiger partial charge in [0.2, 0.25) is 5.88 Å². The summed E-state index contributed by atoms with van der Waals surface area (Å²) < 4.78 is 7.44. The molecule has 1 aliphatic heterocycles. The molecule has 2 aromatic heterocycles. The highest BCUT2D eigenvalue weighted by Gasteiger charge is 2.14. The fourth-order valence-corrected chi connectivity index (χ4v) is 2.21. The predicted molar refractivity (Wildman–Crippen MR) is 70.2 cm³/mol. The summed E-state index contributed by atoms with van der Waals surface area (Å²) in [4.78, 5) is 8.31. The van der Waals surface area contributed by atoms with Gasteiger partial charge in [-0.05, 0) is 25.5 Å². The minimum absolute atomic E-state index is 0.567. The van der Waals surface area contributed by atoms with E-state index in [-0.39, 0.29) is 0 Å². The summed E-state index contributed by atoms with van der Waals surface area (Å²) in [5.41, 5.74) is 0. The highest BCUT2D eigenvalue weighted by molar-refractivity contribution is 5.25. The van der Waals surface area contributed by atoms with Crippen LogP contribution in [0.5, 0.6) is 5.88 Å². The van der Waals surface area contributed by atoms with Crippen LogP contribution in [0.25, 0.3) is 5.82 Å². The van der Waals surface area contributed by atoms with Crippen molar-refractivity contribution in [3.8, 4) is 11.7 Å². The standard InChI is InChI=1S/C13H17N5O/c1-3-11(8-14-4-1)9-19-13-7-12(15-10-16-13)18-6-2-5-17-18/h2,5-7,10-11,14H,1,3-4,8-9H2. The number of hydrogen-bond acceptors (Lipinski definition) is 5. The van der Waals surface area contributed by atoms with Gasteiger partial charge in [0.1, 0.15) is 6.33 Å². The number of aromatic nitrogens is 4. The molecule has 100 valence electrons. The number of nitrogens with zero attached hydrogens (tertiary/aromatic N) is 4. The second kappa shape index (κ2) is 5.79. The molecule has 2 aromatic rings. The van der Waals surface area contributed by atoms with E-state index in [0.29, 0.717) is 18.4 Å². The van der Waals surface area contributed by atoms with Crippen LogP contribution in [0.4, 0.5) is 0 Å². The van der Waals surface area contributed by atoms with Gasteiger partial charge < -0.3 is 10.1 Å². The molecule has 0 radical (unpaired) electrons. The van der Waals surface area contributed by atoms with Crippen molar-refractivity contribution in [2.45, 2.75) is 12.8 Å². The summed E-state index contributed by atoms with van der Waals surface area (Å²) in [6.45, 7) is 2.84. The zero-order valence-electron chi connectivity index (χ0n) is 10.7. The van der Waals surface area contributed by atoms with Crippen molar-refractivity contribution in [1.82, 2.24) is 25.1 Å². The lowest BCUT2D eigenvalue weighted by atomic mass is 10.0. The maximum atomic E-state index is 5.75. The van der Waals surface area contributed by atoms with Crippen molar-refractivity contribution in [3.63, 3.8) is 0 Å². The molecule has 0 saturated carbocycles. The molecular weight excluding hydrogens is 242 g/mol. The van der Waals surface area contributed by atoms with Gasteiger partial charge in [-0.3, -0.25) is 0 Å². The molecular formula is C13H17N5O. The van der Waals surface area contributed by atoms with E-state index in [0.717, 1.165) is 18.9 Å². The van der Waals surface area contributed by atoms with Crippen molar-refractivity contribution in [2.75, 3.05) is 19.7 Å². The van der Waals surface area contributed by atoms with Crippen LogP contribution in [0.15, 0.2) is 30.9 Å². The van der Waals surface area contributed by atoms with Crippen LogP contribution >= 0.6 is 0 Å². The third kappa shape index (κ3) is 3.08. The molecule has 6 heteroatoms.